The third-order valence-corrected chi connectivity index (χ3v) is 3.32. The van der Waals surface area contributed by atoms with Gasteiger partial charge in [0.2, 0.25) is 0 Å². The van der Waals surface area contributed by atoms with Crippen molar-refractivity contribution in [1.82, 2.24) is 4.90 Å². The summed E-state index contributed by atoms with van der Waals surface area (Å²) in [6.45, 7) is 5.11. The highest BCUT2D eigenvalue weighted by atomic mass is 16.5. The van der Waals surface area contributed by atoms with Crippen LogP contribution in [0.4, 0.5) is 0 Å². The molecular formula is C13H25NO4. The zero-order valence-corrected chi connectivity index (χ0v) is 11.5. The quantitative estimate of drug-likeness (QED) is 0.479. The van der Waals surface area contributed by atoms with E-state index in [1.807, 2.05) is 0 Å². The highest BCUT2D eigenvalue weighted by Crippen LogP contribution is 2.18. The Morgan fingerprint density at radius 3 is 2.50 bits per heavy atom. The summed E-state index contributed by atoms with van der Waals surface area (Å²) in [6, 6.07) is 0. The van der Waals surface area contributed by atoms with Crippen LogP contribution < -0.4 is 0 Å². The van der Waals surface area contributed by atoms with Crippen LogP contribution >= 0.6 is 0 Å². The van der Waals surface area contributed by atoms with Crippen LogP contribution in [0.5, 0.6) is 0 Å². The van der Waals surface area contributed by atoms with Gasteiger partial charge in [0.25, 0.3) is 0 Å². The van der Waals surface area contributed by atoms with E-state index >= 15 is 0 Å². The zero-order chi connectivity index (χ0) is 13.2. The molecule has 0 aromatic rings. The van der Waals surface area contributed by atoms with Crippen molar-refractivity contribution in [2.45, 2.75) is 19.3 Å². The summed E-state index contributed by atoms with van der Waals surface area (Å²) in [7, 11) is 3.14. The Hall–Kier alpha value is -0.650. The van der Waals surface area contributed by atoms with Crippen molar-refractivity contribution in [2.24, 2.45) is 5.92 Å². The molecule has 0 spiro atoms. The summed E-state index contributed by atoms with van der Waals surface area (Å²) in [5, 5.41) is 0. The van der Waals surface area contributed by atoms with Crippen LogP contribution in [0.25, 0.3) is 0 Å². The van der Waals surface area contributed by atoms with Crippen molar-refractivity contribution in [1.29, 1.82) is 0 Å². The van der Waals surface area contributed by atoms with Crippen molar-refractivity contribution >= 4 is 5.97 Å². The standard InChI is InChI=1S/C13H25NO4/c1-16-10-11-18-9-3-6-14-7-4-12(5-8-14)13(15)17-2/h12H,3-11H2,1-2H3. The third-order valence-electron chi connectivity index (χ3n) is 3.32. The number of piperidine rings is 1. The van der Waals surface area contributed by atoms with Gasteiger partial charge >= 0.3 is 5.97 Å². The van der Waals surface area contributed by atoms with Gasteiger partial charge in [-0.25, -0.2) is 0 Å². The van der Waals surface area contributed by atoms with Crippen LogP contribution in [0.1, 0.15) is 19.3 Å². The van der Waals surface area contributed by atoms with Gasteiger partial charge in [-0.1, -0.05) is 0 Å². The fraction of sp³-hybridized carbons (Fsp3) is 0.923. The molecule has 0 amide bonds. The first-order valence-corrected chi connectivity index (χ1v) is 6.64. The topological polar surface area (TPSA) is 48.0 Å². The van der Waals surface area contributed by atoms with Gasteiger partial charge in [0.15, 0.2) is 0 Å². The number of likely N-dealkylation sites (tertiary alicyclic amines) is 1. The average Bonchev–Trinajstić information content (AvgIpc) is 2.42. The Kier molecular flexibility index (Phi) is 7.96. The van der Waals surface area contributed by atoms with Gasteiger partial charge < -0.3 is 19.1 Å². The van der Waals surface area contributed by atoms with Gasteiger partial charge in [-0.3, -0.25) is 4.79 Å². The van der Waals surface area contributed by atoms with Crippen LogP contribution in [0.15, 0.2) is 0 Å². The maximum Gasteiger partial charge on any atom is 0.308 e. The Bertz CT molecular complexity index is 227. The second kappa shape index (κ2) is 9.30. The van der Waals surface area contributed by atoms with Gasteiger partial charge in [-0.2, -0.15) is 0 Å². The molecule has 5 heteroatoms. The van der Waals surface area contributed by atoms with E-state index in [1.54, 1.807) is 7.11 Å². The largest absolute Gasteiger partial charge is 0.469 e. The molecule has 106 valence electrons. The summed E-state index contributed by atoms with van der Waals surface area (Å²) in [6.07, 6.45) is 2.86. The number of hydrogen-bond acceptors (Lipinski definition) is 5. The predicted molar refractivity (Wildman–Crippen MR) is 68.5 cm³/mol. The van der Waals surface area contributed by atoms with Crippen LogP contribution in [0.2, 0.25) is 0 Å². The van der Waals surface area contributed by atoms with Gasteiger partial charge in [0.05, 0.1) is 26.2 Å². The molecule has 0 aromatic carbocycles. The third kappa shape index (κ3) is 5.80. The lowest BCUT2D eigenvalue weighted by molar-refractivity contribution is -0.147. The molecule has 1 heterocycles. The number of carbonyl (C=O) groups is 1. The summed E-state index contributed by atoms with van der Waals surface area (Å²) in [4.78, 5) is 13.7. The van der Waals surface area contributed by atoms with Gasteiger partial charge in [0.1, 0.15) is 0 Å². The molecule has 1 fully saturated rings. The normalized spacial score (nSPS) is 17.9. The molecule has 18 heavy (non-hydrogen) atoms. The number of nitrogens with zero attached hydrogens (tertiary/aromatic N) is 1. The first-order valence-electron chi connectivity index (χ1n) is 6.64. The van der Waals surface area contributed by atoms with Crippen LogP contribution in [0, 0.1) is 5.92 Å². The second-order valence-corrected chi connectivity index (χ2v) is 4.60. The van der Waals surface area contributed by atoms with Crippen LogP contribution in [-0.2, 0) is 19.0 Å². The lowest BCUT2D eigenvalue weighted by atomic mass is 9.97. The molecule has 1 saturated heterocycles. The van der Waals surface area contributed by atoms with Gasteiger partial charge in [-0.15, -0.1) is 0 Å². The SMILES string of the molecule is COCCOCCCN1CCC(C(=O)OC)CC1. The maximum absolute atomic E-state index is 11.4. The molecule has 0 atom stereocenters. The first-order chi connectivity index (χ1) is 8.77. The van der Waals surface area contributed by atoms with E-state index in [0.29, 0.717) is 13.2 Å². The van der Waals surface area contributed by atoms with Crippen molar-refractivity contribution in [3.63, 3.8) is 0 Å². The second-order valence-electron chi connectivity index (χ2n) is 4.60. The molecule has 1 rings (SSSR count). The summed E-state index contributed by atoms with van der Waals surface area (Å²) in [5.74, 6) is 0.0433. The van der Waals surface area contributed by atoms with E-state index < -0.39 is 0 Å². The highest BCUT2D eigenvalue weighted by molar-refractivity contribution is 5.72. The molecular weight excluding hydrogens is 234 g/mol. The van der Waals surface area contributed by atoms with E-state index in [2.05, 4.69) is 4.90 Å². The summed E-state index contributed by atoms with van der Waals surface area (Å²) in [5.41, 5.74) is 0. The minimum atomic E-state index is -0.0578. The molecule has 0 bridgehead atoms. The Morgan fingerprint density at radius 2 is 1.89 bits per heavy atom. The fourth-order valence-electron chi connectivity index (χ4n) is 2.19. The Balaban J connectivity index is 2.00. The van der Waals surface area contributed by atoms with Gasteiger partial charge in [-0.05, 0) is 32.4 Å². The Morgan fingerprint density at radius 1 is 1.17 bits per heavy atom. The maximum atomic E-state index is 11.4. The van der Waals surface area contributed by atoms with Crippen LogP contribution in [0.3, 0.4) is 0 Å². The molecule has 1 aliphatic rings. The van der Waals surface area contributed by atoms with E-state index in [4.69, 9.17) is 14.2 Å². The molecule has 0 saturated carbocycles. The minimum absolute atomic E-state index is 0.0578. The van der Waals surface area contributed by atoms with Gasteiger partial charge in [0, 0.05) is 20.3 Å². The molecule has 0 aliphatic carbocycles. The van der Waals surface area contributed by atoms with E-state index in [-0.39, 0.29) is 11.9 Å². The van der Waals surface area contributed by atoms with Crippen molar-refractivity contribution in [2.75, 3.05) is 53.7 Å². The highest BCUT2D eigenvalue weighted by Gasteiger charge is 2.24. The number of ether oxygens (including phenoxy) is 3. The minimum Gasteiger partial charge on any atom is -0.469 e. The summed E-state index contributed by atoms with van der Waals surface area (Å²) >= 11 is 0. The van der Waals surface area contributed by atoms with Crippen molar-refractivity contribution < 1.29 is 19.0 Å². The number of carbonyl (C=O) groups excluding carboxylic acids is 1. The lowest BCUT2D eigenvalue weighted by Crippen LogP contribution is -2.37. The smallest absolute Gasteiger partial charge is 0.308 e. The number of esters is 1. The predicted octanol–water partition coefficient (Wildman–Crippen LogP) is 0.925. The molecule has 0 N–H and O–H groups in total. The first kappa shape index (κ1) is 15.4. The number of hydrogen-bond donors (Lipinski definition) is 0. The summed E-state index contributed by atoms with van der Waals surface area (Å²) < 4.78 is 15.1. The molecule has 1 aliphatic heterocycles. The van der Waals surface area contributed by atoms with E-state index in [9.17, 15) is 4.79 Å². The van der Waals surface area contributed by atoms with Crippen molar-refractivity contribution in [3.8, 4) is 0 Å². The Labute approximate surface area is 109 Å². The molecule has 5 nitrogen and oxygen atoms in total. The van der Waals surface area contributed by atoms with Crippen molar-refractivity contribution in [3.05, 3.63) is 0 Å². The van der Waals surface area contributed by atoms with Crippen LogP contribution in [-0.4, -0.2) is 64.5 Å². The molecule has 0 radical (unpaired) electrons. The zero-order valence-electron chi connectivity index (χ0n) is 11.5. The van der Waals surface area contributed by atoms with E-state index in [1.165, 1.54) is 7.11 Å². The number of rotatable bonds is 8. The molecule has 0 unspecified atom stereocenters. The molecule has 0 aromatic heterocycles. The average molecular weight is 259 g/mol. The fourth-order valence-corrected chi connectivity index (χ4v) is 2.19. The number of methoxy groups -OCH3 is 2. The monoisotopic (exact) mass is 259 g/mol. The van der Waals surface area contributed by atoms with E-state index in [0.717, 1.165) is 45.5 Å². The lowest BCUT2D eigenvalue weighted by Gasteiger charge is -2.30.